The standard InChI is InChI=1S/C22H22N4O4S/c1-15(27)16-4-6-17(7-5-16)24-8-10-25(11-9-24)20(28)19-13-23-22(30)26(21(19)29)14-18-3-2-12-31-18/h2-7,12-13H,8-11,14H2,1H3,(H,23,30). The van der Waals surface area contributed by atoms with Crippen LogP contribution in [-0.4, -0.2) is 52.3 Å². The molecule has 9 heteroatoms. The smallest absolute Gasteiger partial charge is 0.328 e. The van der Waals surface area contributed by atoms with Gasteiger partial charge in [-0.2, -0.15) is 0 Å². The maximum Gasteiger partial charge on any atom is 0.328 e. The Kier molecular flexibility index (Phi) is 5.85. The quantitative estimate of drug-likeness (QED) is 0.613. The van der Waals surface area contributed by atoms with Crippen LogP contribution in [0.15, 0.2) is 57.6 Å². The zero-order valence-corrected chi connectivity index (χ0v) is 17.9. The molecule has 1 aliphatic heterocycles. The first-order chi connectivity index (χ1) is 14.9. The Bertz CT molecular complexity index is 1200. The topological polar surface area (TPSA) is 95.5 Å². The van der Waals surface area contributed by atoms with Gasteiger partial charge in [0, 0.05) is 48.5 Å². The van der Waals surface area contributed by atoms with Gasteiger partial charge in [0.05, 0.1) is 6.54 Å². The van der Waals surface area contributed by atoms with Crippen LogP contribution < -0.4 is 16.1 Å². The van der Waals surface area contributed by atoms with Gasteiger partial charge in [0.25, 0.3) is 11.5 Å². The van der Waals surface area contributed by atoms with E-state index in [0.29, 0.717) is 31.7 Å². The van der Waals surface area contributed by atoms with Crippen molar-refractivity contribution in [2.75, 3.05) is 31.1 Å². The summed E-state index contributed by atoms with van der Waals surface area (Å²) in [4.78, 5) is 56.5. The molecule has 0 radical (unpaired) electrons. The fourth-order valence-corrected chi connectivity index (χ4v) is 4.30. The van der Waals surface area contributed by atoms with Crippen LogP contribution >= 0.6 is 11.3 Å². The first-order valence-electron chi connectivity index (χ1n) is 9.94. The number of Topliss-reactive ketones (excluding diaryl/α,β-unsaturated/α-hetero) is 1. The highest BCUT2D eigenvalue weighted by Crippen LogP contribution is 2.18. The Morgan fingerprint density at radius 1 is 1.03 bits per heavy atom. The third-order valence-electron chi connectivity index (χ3n) is 5.39. The van der Waals surface area contributed by atoms with Crippen LogP contribution in [0.3, 0.4) is 0 Å². The Labute approximate surface area is 182 Å². The monoisotopic (exact) mass is 438 g/mol. The zero-order chi connectivity index (χ0) is 22.0. The van der Waals surface area contributed by atoms with Crippen molar-refractivity contribution in [2.45, 2.75) is 13.5 Å². The largest absolute Gasteiger partial charge is 0.368 e. The predicted molar refractivity (Wildman–Crippen MR) is 119 cm³/mol. The summed E-state index contributed by atoms with van der Waals surface area (Å²) in [7, 11) is 0. The number of thiophene rings is 1. The predicted octanol–water partition coefficient (Wildman–Crippen LogP) is 1.81. The van der Waals surface area contributed by atoms with Gasteiger partial charge in [-0.05, 0) is 42.6 Å². The van der Waals surface area contributed by atoms with Crippen LogP contribution in [0.5, 0.6) is 0 Å². The van der Waals surface area contributed by atoms with E-state index in [1.54, 1.807) is 17.0 Å². The Morgan fingerprint density at radius 3 is 2.35 bits per heavy atom. The van der Waals surface area contributed by atoms with Crippen molar-refractivity contribution in [2.24, 2.45) is 0 Å². The number of rotatable bonds is 5. The lowest BCUT2D eigenvalue weighted by Gasteiger charge is -2.36. The molecule has 1 N–H and O–H groups in total. The molecule has 8 nitrogen and oxygen atoms in total. The van der Waals surface area contributed by atoms with Gasteiger partial charge >= 0.3 is 5.69 Å². The van der Waals surface area contributed by atoms with Crippen molar-refractivity contribution in [1.29, 1.82) is 0 Å². The second kappa shape index (κ2) is 8.73. The number of piperazine rings is 1. The van der Waals surface area contributed by atoms with Crippen molar-refractivity contribution in [3.05, 3.63) is 84.8 Å². The van der Waals surface area contributed by atoms with E-state index in [1.807, 2.05) is 29.6 Å². The third-order valence-corrected chi connectivity index (χ3v) is 6.25. The van der Waals surface area contributed by atoms with E-state index in [-0.39, 0.29) is 23.8 Å². The number of nitrogens with one attached hydrogen (secondary N) is 1. The molecule has 0 aliphatic carbocycles. The van der Waals surface area contributed by atoms with E-state index in [2.05, 4.69) is 9.88 Å². The molecule has 1 saturated heterocycles. The van der Waals surface area contributed by atoms with Gasteiger partial charge in [0.1, 0.15) is 5.56 Å². The molecule has 1 aliphatic rings. The molecular formula is C22H22N4O4S. The van der Waals surface area contributed by atoms with Gasteiger partial charge < -0.3 is 14.8 Å². The summed E-state index contributed by atoms with van der Waals surface area (Å²) in [6, 6.07) is 11.1. The summed E-state index contributed by atoms with van der Waals surface area (Å²) in [6.07, 6.45) is 1.21. The maximum absolute atomic E-state index is 13.0. The summed E-state index contributed by atoms with van der Waals surface area (Å²) in [6.45, 7) is 3.80. The second-order valence-corrected chi connectivity index (χ2v) is 8.39. The number of carbonyl (C=O) groups is 2. The van der Waals surface area contributed by atoms with E-state index >= 15 is 0 Å². The number of benzene rings is 1. The van der Waals surface area contributed by atoms with Gasteiger partial charge in [-0.25, -0.2) is 4.79 Å². The number of hydrogen-bond donors (Lipinski definition) is 1. The molecule has 31 heavy (non-hydrogen) atoms. The number of hydrogen-bond acceptors (Lipinski definition) is 6. The van der Waals surface area contributed by atoms with E-state index in [4.69, 9.17) is 0 Å². The molecule has 1 aromatic carbocycles. The van der Waals surface area contributed by atoms with Crippen LogP contribution in [0.4, 0.5) is 5.69 Å². The first kappa shape index (κ1) is 20.8. The molecule has 2 aromatic heterocycles. The van der Waals surface area contributed by atoms with Crippen LogP contribution in [0.1, 0.15) is 32.5 Å². The second-order valence-electron chi connectivity index (χ2n) is 7.36. The molecule has 0 bridgehead atoms. The Balaban J connectivity index is 1.47. The maximum atomic E-state index is 13.0. The van der Waals surface area contributed by atoms with Gasteiger partial charge in [-0.15, -0.1) is 11.3 Å². The summed E-state index contributed by atoms with van der Waals surface area (Å²) in [5.74, 6) is -0.361. The third kappa shape index (κ3) is 4.36. The summed E-state index contributed by atoms with van der Waals surface area (Å²) >= 11 is 1.45. The van der Waals surface area contributed by atoms with E-state index in [1.165, 1.54) is 24.5 Å². The zero-order valence-electron chi connectivity index (χ0n) is 17.0. The molecule has 0 saturated carbocycles. The number of anilines is 1. The average Bonchev–Trinajstić information content (AvgIpc) is 3.30. The fourth-order valence-electron chi connectivity index (χ4n) is 3.61. The average molecular weight is 439 g/mol. The Hall–Kier alpha value is -3.46. The van der Waals surface area contributed by atoms with Gasteiger partial charge in [-0.1, -0.05) is 6.07 Å². The molecule has 3 aromatic rings. The van der Waals surface area contributed by atoms with Crippen molar-refractivity contribution >= 4 is 28.7 Å². The highest BCUT2D eigenvalue weighted by Gasteiger charge is 2.25. The number of carbonyl (C=O) groups excluding carboxylic acids is 2. The highest BCUT2D eigenvalue weighted by atomic mass is 32.1. The molecular weight excluding hydrogens is 416 g/mol. The molecule has 1 fully saturated rings. The lowest BCUT2D eigenvalue weighted by molar-refractivity contribution is 0.0743. The van der Waals surface area contributed by atoms with E-state index in [9.17, 15) is 19.2 Å². The normalized spacial score (nSPS) is 14.0. The number of ketones is 1. The number of amides is 1. The molecule has 0 unspecified atom stereocenters. The van der Waals surface area contributed by atoms with Gasteiger partial charge in [-0.3, -0.25) is 19.0 Å². The first-order valence-corrected chi connectivity index (χ1v) is 10.8. The van der Waals surface area contributed by atoms with Crippen molar-refractivity contribution in [3.63, 3.8) is 0 Å². The van der Waals surface area contributed by atoms with Crippen molar-refractivity contribution in [3.8, 4) is 0 Å². The minimum absolute atomic E-state index is 0.0209. The number of H-pyrrole nitrogens is 1. The molecule has 4 rings (SSSR count). The number of aromatic amines is 1. The van der Waals surface area contributed by atoms with Gasteiger partial charge in [0.2, 0.25) is 0 Å². The summed E-state index contributed by atoms with van der Waals surface area (Å²) < 4.78 is 1.06. The SMILES string of the molecule is CC(=O)c1ccc(N2CCN(C(=O)c3c[nH]c(=O)n(Cc4cccs4)c3=O)CC2)cc1. The summed E-state index contributed by atoms with van der Waals surface area (Å²) in [5.41, 5.74) is 0.502. The molecule has 3 heterocycles. The van der Waals surface area contributed by atoms with E-state index in [0.717, 1.165) is 15.1 Å². The van der Waals surface area contributed by atoms with Crippen molar-refractivity contribution < 1.29 is 9.59 Å². The molecule has 160 valence electrons. The summed E-state index contributed by atoms with van der Waals surface area (Å²) in [5, 5.41) is 1.87. The van der Waals surface area contributed by atoms with Gasteiger partial charge in [0.15, 0.2) is 5.78 Å². The van der Waals surface area contributed by atoms with E-state index < -0.39 is 11.2 Å². The highest BCUT2D eigenvalue weighted by molar-refractivity contribution is 7.09. The van der Waals surface area contributed by atoms with Crippen LogP contribution in [-0.2, 0) is 6.54 Å². The molecule has 1 amide bonds. The number of nitrogens with zero attached hydrogens (tertiary/aromatic N) is 3. The Morgan fingerprint density at radius 2 is 1.74 bits per heavy atom. The molecule has 0 atom stereocenters. The fraction of sp³-hybridized carbons (Fsp3) is 0.273. The lowest BCUT2D eigenvalue weighted by Crippen LogP contribution is -2.50. The lowest BCUT2D eigenvalue weighted by atomic mass is 10.1. The van der Waals surface area contributed by atoms with Crippen LogP contribution in [0, 0.1) is 0 Å². The van der Waals surface area contributed by atoms with Crippen LogP contribution in [0.25, 0.3) is 0 Å². The minimum atomic E-state index is -0.579. The minimum Gasteiger partial charge on any atom is -0.368 e. The van der Waals surface area contributed by atoms with Crippen molar-refractivity contribution in [1.82, 2.24) is 14.5 Å². The number of aromatic nitrogens is 2. The molecule has 0 spiro atoms. The van der Waals surface area contributed by atoms with Crippen LogP contribution in [0.2, 0.25) is 0 Å².